The Morgan fingerprint density at radius 2 is 0.359 bits per heavy atom. The first-order valence-electron chi connectivity index (χ1n) is 31.9. The summed E-state index contributed by atoms with van der Waals surface area (Å²) < 4.78 is 14.8. The van der Waals surface area contributed by atoms with Gasteiger partial charge >= 0.3 is 0 Å². The SMILES string of the molecule is CC.c1ccc(-c2ccc3c(c2)c2c4cc(-c5ccc6c(c5)c5c7cc(-c8ccc9c(c8)c8c%10ccccc%10n(-c%10ccccc%10)c8n9-c8ccccc8)ccc7n(-c7ccccc7)c5n6-c5ccccc5)ccc4n(-c4ccccc4)c2n3-c2ccccc2)cc1. The quantitative estimate of drug-likeness (QED) is 0.138. The minimum absolute atomic E-state index is 1.10. The predicted molar refractivity (Wildman–Crippen MR) is 388 cm³/mol. The van der Waals surface area contributed by atoms with Crippen molar-refractivity contribution >= 4 is 98.5 Å². The highest BCUT2D eigenvalue weighted by Gasteiger charge is 2.28. The van der Waals surface area contributed by atoms with E-state index in [9.17, 15) is 0 Å². The van der Waals surface area contributed by atoms with Crippen molar-refractivity contribution in [1.82, 2.24) is 27.4 Å². The fraction of sp³-hybridized carbons (Fsp3) is 0.0233. The molecule has 0 spiro atoms. The fourth-order valence-corrected chi connectivity index (χ4v) is 14.9. The molecule has 13 aromatic carbocycles. The molecule has 0 saturated carbocycles. The van der Waals surface area contributed by atoms with Crippen LogP contribution in [0.3, 0.4) is 0 Å². The number of benzene rings is 13. The number of fused-ring (bicyclic) bond motifs is 15. The molecule has 19 rings (SSSR count). The van der Waals surface area contributed by atoms with Crippen LogP contribution in [-0.4, -0.2) is 27.4 Å². The number of hydrogen-bond acceptors (Lipinski definition) is 0. The van der Waals surface area contributed by atoms with Gasteiger partial charge in [0.05, 0.1) is 33.1 Å². The number of hydrogen-bond donors (Lipinski definition) is 0. The Morgan fingerprint density at radius 1 is 0.163 bits per heavy atom. The molecule has 0 radical (unpaired) electrons. The largest absolute Gasteiger partial charge is 0.295 e. The maximum absolute atomic E-state index is 2.48. The molecule has 0 fully saturated rings. The van der Waals surface area contributed by atoms with Gasteiger partial charge in [0.1, 0.15) is 16.9 Å². The second-order valence-corrected chi connectivity index (χ2v) is 23.7. The fourth-order valence-electron chi connectivity index (χ4n) is 14.9. The zero-order valence-electron chi connectivity index (χ0n) is 50.9. The molecular weight excluding hydrogens is 1120 g/mol. The van der Waals surface area contributed by atoms with Gasteiger partial charge in [0.15, 0.2) is 0 Å². The van der Waals surface area contributed by atoms with Gasteiger partial charge in [-0.05, 0) is 173 Å². The summed E-state index contributed by atoms with van der Waals surface area (Å²) in [5, 5.41) is 10.9. The first kappa shape index (κ1) is 53.0. The van der Waals surface area contributed by atoms with Crippen molar-refractivity contribution in [1.29, 1.82) is 0 Å². The van der Waals surface area contributed by atoms with Crippen molar-refractivity contribution < 1.29 is 0 Å². The Balaban J connectivity index is 0.00000310. The van der Waals surface area contributed by atoms with E-state index in [1.54, 1.807) is 0 Å². The number of aromatic nitrogens is 6. The van der Waals surface area contributed by atoms with Crippen molar-refractivity contribution in [2.45, 2.75) is 13.8 Å². The van der Waals surface area contributed by atoms with E-state index in [0.29, 0.717) is 0 Å². The first-order chi connectivity index (χ1) is 45.7. The Bertz CT molecular complexity index is 6030. The van der Waals surface area contributed by atoms with E-state index >= 15 is 0 Å². The van der Waals surface area contributed by atoms with E-state index in [0.717, 1.165) is 101 Å². The molecule has 0 aliphatic heterocycles. The molecule has 0 bridgehead atoms. The van der Waals surface area contributed by atoms with Crippen LogP contribution in [0.4, 0.5) is 0 Å². The molecule has 6 aromatic heterocycles. The molecular formula is C86H60N6. The molecule has 0 amide bonds. The van der Waals surface area contributed by atoms with Crippen molar-refractivity contribution in [3.8, 4) is 67.5 Å². The van der Waals surface area contributed by atoms with Crippen LogP contribution in [0.5, 0.6) is 0 Å². The monoisotopic (exact) mass is 1180 g/mol. The molecule has 92 heavy (non-hydrogen) atoms. The maximum Gasteiger partial charge on any atom is 0.131 e. The van der Waals surface area contributed by atoms with Gasteiger partial charge in [0.2, 0.25) is 0 Å². The minimum atomic E-state index is 1.10. The van der Waals surface area contributed by atoms with Gasteiger partial charge < -0.3 is 0 Å². The van der Waals surface area contributed by atoms with Crippen LogP contribution in [0.25, 0.3) is 166 Å². The Morgan fingerprint density at radius 3 is 0.620 bits per heavy atom. The highest BCUT2D eigenvalue weighted by atomic mass is 15.2. The van der Waals surface area contributed by atoms with E-state index in [-0.39, 0.29) is 0 Å². The molecule has 434 valence electrons. The summed E-state index contributed by atoms with van der Waals surface area (Å²) in [7, 11) is 0. The summed E-state index contributed by atoms with van der Waals surface area (Å²) in [6.45, 7) is 4.00. The predicted octanol–water partition coefficient (Wildman–Crippen LogP) is 22.8. The van der Waals surface area contributed by atoms with Crippen LogP contribution in [-0.2, 0) is 0 Å². The topological polar surface area (TPSA) is 29.6 Å². The zero-order valence-corrected chi connectivity index (χ0v) is 50.9. The average Bonchev–Trinajstić information content (AvgIpc) is 1.56. The van der Waals surface area contributed by atoms with Gasteiger partial charge in [0.25, 0.3) is 0 Å². The highest BCUT2D eigenvalue weighted by molar-refractivity contribution is 6.26. The van der Waals surface area contributed by atoms with E-state index in [4.69, 9.17) is 0 Å². The lowest BCUT2D eigenvalue weighted by Crippen LogP contribution is -2.01. The third-order valence-electron chi connectivity index (χ3n) is 18.8. The van der Waals surface area contributed by atoms with Crippen molar-refractivity contribution in [3.05, 3.63) is 328 Å². The van der Waals surface area contributed by atoms with E-state index < -0.39 is 0 Å². The second-order valence-electron chi connectivity index (χ2n) is 23.7. The van der Waals surface area contributed by atoms with Gasteiger partial charge in [-0.1, -0.05) is 202 Å². The van der Waals surface area contributed by atoms with Crippen molar-refractivity contribution in [2.24, 2.45) is 0 Å². The zero-order chi connectivity index (χ0) is 61.0. The summed E-state index contributed by atoms with van der Waals surface area (Å²) in [6.07, 6.45) is 0. The molecule has 6 heteroatoms. The van der Waals surface area contributed by atoms with Crippen LogP contribution in [0, 0.1) is 0 Å². The van der Waals surface area contributed by atoms with E-state index in [1.165, 1.54) is 65.1 Å². The van der Waals surface area contributed by atoms with Crippen LogP contribution in [0.1, 0.15) is 13.8 Å². The van der Waals surface area contributed by atoms with Gasteiger partial charge in [-0.2, -0.15) is 0 Å². The lowest BCUT2D eigenvalue weighted by molar-refractivity contribution is 1.07. The van der Waals surface area contributed by atoms with E-state index in [1.807, 2.05) is 13.8 Å². The summed E-state index contributed by atoms with van der Waals surface area (Å²) in [5.74, 6) is 0. The normalized spacial score (nSPS) is 11.8. The number of rotatable bonds is 9. The molecule has 6 nitrogen and oxygen atoms in total. The van der Waals surface area contributed by atoms with Crippen LogP contribution in [0.15, 0.2) is 328 Å². The highest BCUT2D eigenvalue weighted by Crippen LogP contribution is 2.48. The molecule has 0 saturated heterocycles. The lowest BCUT2D eigenvalue weighted by atomic mass is 9.98. The molecule has 0 atom stereocenters. The summed E-state index contributed by atoms with van der Waals surface area (Å²) in [4.78, 5) is 0. The average molecular weight is 1180 g/mol. The molecule has 0 aliphatic rings. The van der Waals surface area contributed by atoms with Crippen molar-refractivity contribution in [3.63, 3.8) is 0 Å². The van der Waals surface area contributed by atoms with Gasteiger partial charge in [0, 0.05) is 82.6 Å². The maximum atomic E-state index is 2.48. The molecule has 6 heterocycles. The Kier molecular flexibility index (Phi) is 12.3. The third-order valence-corrected chi connectivity index (χ3v) is 18.8. The molecule has 0 unspecified atom stereocenters. The lowest BCUT2D eigenvalue weighted by Gasteiger charge is -2.14. The number of nitrogens with zero attached hydrogens (tertiary/aromatic N) is 6. The molecule has 0 aliphatic carbocycles. The Labute approximate surface area is 531 Å². The molecule has 19 aromatic rings. The first-order valence-corrected chi connectivity index (χ1v) is 31.9. The van der Waals surface area contributed by atoms with Crippen LogP contribution < -0.4 is 0 Å². The van der Waals surface area contributed by atoms with Gasteiger partial charge in [-0.15, -0.1) is 0 Å². The van der Waals surface area contributed by atoms with Gasteiger partial charge in [-0.3, -0.25) is 27.4 Å². The summed E-state index contributed by atoms with van der Waals surface area (Å²) in [6, 6.07) is 120. The van der Waals surface area contributed by atoms with E-state index in [2.05, 4.69) is 355 Å². The van der Waals surface area contributed by atoms with Gasteiger partial charge in [-0.25, -0.2) is 0 Å². The second kappa shape index (κ2) is 21.3. The van der Waals surface area contributed by atoms with Crippen molar-refractivity contribution in [2.75, 3.05) is 0 Å². The standard InChI is InChI=1S/C84H54N6.C2H6/c1-8-24-55(25-9-1)56-40-45-75-69(50-56)80-70-53-59(43-48-76(70)88(64-32-16-5-17-33-64)83(80)87(75)63-30-14-4-15-31-63)60-44-49-78-72(54-60)81-71-52-58(42-47-77(71)89(65-34-18-6-19-35-65)84(81)90(78)66-36-20-7-21-37-66)57-41-46-74-68(51-57)79-67-38-22-23-39-73(67)85(61-26-10-2-11-27-61)82(79)86(74)62-28-12-3-13-29-62;1-2/h1-54H;1-2H3. The Hall–Kier alpha value is -12.1. The molecule has 0 N–H and O–H groups in total. The third kappa shape index (κ3) is 8.00. The minimum Gasteiger partial charge on any atom is -0.295 e. The number of para-hydroxylation sites is 7. The summed E-state index contributed by atoms with van der Waals surface area (Å²) >= 11 is 0. The van der Waals surface area contributed by atoms with Crippen LogP contribution >= 0.6 is 0 Å². The summed E-state index contributed by atoms with van der Waals surface area (Å²) in [5.41, 5.74) is 24.1. The smallest absolute Gasteiger partial charge is 0.131 e. The van der Waals surface area contributed by atoms with Crippen LogP contribution in [0.2, 0.25) is 0 Å².